The first kappa shape index (κ1) is 12.4. The zero-order chi connectivity index (χ0) is 13.0. The molecule has 0 radical (unpaired) electrons. The van der Waals surface area contributed by atoms with Gasteiger partial charge >= 0.3 is 0 Å². The van der Waals surface area contributed by atoms with Crippen molar-refractivity contribution in [1.82, 2.24) is 15.3 Å². The Kier molecular flexibility index (Phi) is 3.80. The fourth-order valence-electron chi connectivity index (χ4n) is 1.96. The van der Waals surface area contributed by atoms with Gasteiger partial charge < -0.3 is 15.0 Å². The molecule has 0 fully saturated rings. The fraction of sp³-hybridized carbons (Fsp3) is 0.385. The second-order valence-electron chi connectivity index (χ2n) is 4.05. The highest BCUT2D eigenvalue weighted by Gasteiger charge is 2.12. The van der Waals surface area contributed by atoms with Crippen molar-refractivity contribution < 1.29 is 4.74 Å². The van der Waals surface area contributed by atoms with Crippen LogP contribution >= 0.6 is 0 Å². The van der Waals surface area contributed by atoms with Gasteiger partial charge in [-0.1, -0.05) is 0 Å². The van der Waals surface area contributed by atoms with Gasteiger partial charge in [0.2, 0.25) is 5.88 Å². The first-order valence-corrected chi connectivity index (χ1v) is 5.90. The Balaban J connectivity index is 2.39. The first-order valence-electron chi connectivity index (χ1n) is 5.90. The molecule has 2 aromatic heterocycles. The molecule has 0 bridgehead atoms. The SMILES string of the molecule is CNCCCc1[nH]c2ccc(OC)nc2c1C#N. The molecule has 0 saturated heterocycles. The molecule has 0 aromatic carbocycles. The number of nitrogens with one attached hydrogen (secondary N) is 2. The average Bonchev–Trinajstić information content (AvgIpc) is 2.75. The summed E-state index contributed by atoms with van der Waals surface area (Å²) >= 11 is 0. The lowest BCUT2D eigenvalue weighted by Gasteiger charge is -1.98. The highest BCUT2D eigenvalue weighted by Crippen LogP contribution is 2.23. The van der Waals surface area contributed by atoms with Crippen LogP contribution in [0.1, 0.15) is 17.7 Å². The Bertz CT molecular complexity index is 582. The molecule has 0 aliphatic carbocycles. The normalized spacial score (nSPS) is 10.5. The van der Waals surface area contributed by atoms with E-state index in [0.29, 0.717) is 17.0 Å². The van der Waals surface area contributed by atoms with Gasteiger partial charge in [-0.2, -0.15) is 5.26 Å². The number of aromatic amines is 1. The number of aromatic nitrogens is 2. The Hall–Kier alpha value is -2.06. The maximum Gasteiger partial charge on any atom is 0.213 e. The fourth-order valence-corrected chi connectivity index (χ4v) is 1.96. The van der Waals surface area contributed by atoms with Gasteiger partial charge in [0.1, 0.15) is 11.6 Å². The third-order valence-corrected chi connectivity index (χ3v) is 2.87. The van der Waals surface area contributed by atoms with Crippen molar-refractivity contribution in [3.8, 4) is 11.9 Å². The summed E-state index contributed by atoms with van der Waals surface area (Å²) in [6.07, 6.45) is 1.82. The van der Waals surface area contributed by atoms with Gasteiger partial charge in [-0.05, 0) is 32.5 Å². The van der Waals surface area contributed by atoms with Crippen molar-refractivity contribution in [2.45, 2.75) is 12.8 Å². The molecule has 0 amide bonds. The second-order valence-corrected chi connectivity index (χ2v) is 4.05. The number of pyridine rings is 1. The number of fused-ring (bicyclic) bond motifs is 1. The van der Waals surface area contributed by atoms with Crippen LogP contribution in [0.2, 0.25) is 0 Å². The van der Waals surface area contributed by atoms with Gasteiger partial charge in [-0.15, -0.1) is 0 Å². The van der Waals surface area contributed by atoms with Crippen molar-refractivity contribution in [3.63, 3.8) is 0 Å². The van der Waals surface area contributed by atoms with Crippen LogP contribution < -0.4 is 10.1 Å². The summed E-state index contributed by atoms with van der Waals surface area (Å²) < 4.78 is 5.09. The lowest BCUT2D eigenvalue weighted by molar-refractivity contribution is 0.399. The number of methoxy groups -OCH3 is 1. The number of hydrogen-bond donors (Lipinski definition) is 2. The zero-order valence-electron chi connectivity index (χ0n) is 10.6. The predicted octanol–water partition coefficient (Wildman–Crippen LogP) is 1.60. The minimum Gasteiger partial charge on any atom is -0.481 e. The molecule has 0 saturated carbocycles. The number of nitrogens with zero attached hydrogens (tertiary/aromatic N) is 2. The summed E-state index contributed by atoms with van der Waals surface area (Å²) in [4.78, 5) is 7.58. The Morgan fingerprint density at radius 2 is 2.33 bits per heavy atom. The summed E-state index contributed by atoms with van der Waals surface area (Å²) in [6.45, 7) is 0.928. The average molecular weight is 244 g/mol. The quantitative estimate of drug-likeness (QED) is 0.783. The summed E-state index contributed by atoms with van der Waals surface area (Å²) in [5, 5.41) is 12.4. The highest BCUT2D eigenvalue weighted by atomic mass is 16.5. The van der Waals surface area contributed by atoms with E-state index in [2.05, 4.69) is 21.4 Å². The van der Waals surface area contributed by atoms with Crippen molar-refractivity contribution in [1.29, 1.82) is 5.26 Å². The lowest BCUT2D eigenvalue weighted by atomic mass is 10.1. The Labute approximate surface area is 106 Å². The third kappa shape index (κ3) is 2.29. The van der Waals surface area contributed by atoms with Gasteiger partial charge in [0, 0.05) is 11.8 Å². The van der Waals surface area contributed by atoms with Crippen LogP contribution in [-0.2, 0) is 6.42 Å². The Morgan fingerprint density at radius 3 is 3.00 bits per heavy atom. The van der Waals surface area contributed by atoms with E-state index in [9.17, 15) is 5.26 Å². The molecule has 18 heavy (non-hydrogen) atoms. The van der Waals surface area contributed by atoms with Crippen molar-refractivity contribution in [3.05, 3.63) is 23.4 Å². The molecule has 5 heteroatoms. The summed E-state index contributed by atoms with van der Waals surface area (Å²) in [6, 6.07) is 5.91. The van der Waals surface area contributed by atoms with Crippen LogP contribution in [0.15, 0.2) is 12.1 Å². The van der Waals surface area contributed by atoms with Crippen LogP contribution in [0, 0.1) is 11.3 Å². The molecule has 2 N–H and O–H groups in total. The number of H-pyrrole nitrogens is 1. The van der Waals surface area contributed by atoms with Crippen molar-refractivity contribution >= 4 is 11.0 Å². The smallest absolute Gasteiger partial charge is 0.213 e. The maximum atomic E-state index is 9.26. The van der Waals surface area contributed by atoms with Gasteiger partial charge in [-0.25, -0.2) is 4.98 Å². The molecule has 2 heterocycles. The standard InChI is InChI=1S/C13H16N4O/c1-15-7-3-4-10-9(8-14)13-11(16-10)5-6-12(17-13)18-2/h5-6,15-16H,3-4,7H2,1-2H3. The molecule has 5 nitrogen and oxygen atoms in total. The van der Waals surface area contributed by atoms with E-state index in [1.807, 2.05) is 13.1 Å². The molecule has 0 unspecified atom stereocenters. The monoisotopic (exact) mass is 244 g/mol. The summed E-state index contributed by atoms with van der Waals surface area (Å²) in [7, 11) is 3.49. The van der Waals surface area contributed by atoms with Crippen molar-refractivity contribution in [2.75, 3.05) is 20.7 Å². The minimum atomic E-state index is 0.528. The highest BCUT2D eigenvalue weighted by molar-refractivity contribution is 5.83. The number of nitriles is 1. The van der Waals surface area contributed by atoms with Gasteiger partial charge in [0.05, 0.1) is 18.2 Å². The predicted molar refractivity (Wildman–Crippen MR) is 69.6 cm³/mol. The minimum absolute atomic E-state index is 0.528. The van der Waals surface area contributed by atoms with E-state index in [4.69, 9.17) is 4.74 Å². The van der Waals surface area contributed by atoms with E-state index < -0.39 is 0 Å². The number of hydrogen-bond acceptors (Lipinski definition) is 4. The number of ether oxygens (including phenoxy) is 1. The molecule has 2 rings (SSSR count). The molecule has 0 aliphatic heterocycles. The largest absolute Gasteiger partial charge is 0.481 e. The van der Waals surface area contributed by atoms with E-state index in [1.54, 1.807) is 13.2 Å². The van der Waals surface area contributed by atoms with E-state index in [1.165, 1.54) is 0 Å². The van der Waals surface area contributed by atoms with Crippen molar-refractivity contribution in [2.24, 2.45) is 0 Å². The van der Waals surface area contributed by atoms with Gasteiger partial charge in [-0.3, -0.25) is 0 Å². The molecule has 0 atom stereocenters. The summed E-state index contributed by atoms with van der Waals surface area (Å²) in [5.41, 5.74) is 3.15. The molecule has 0 aliphatic rings. The molecule has 0 spiro atoms. The van der Waals surface area contributed by atoms with E-state index in [0.717, 1.165) is 30.6 Å². The summed E-state index contributed by atoms with van der Waals surface area (Å²) in [5.74, 6) is 0.528. The first-order chi connectivity index (χ1) is 8.80. The maximum absolute atomic E-state index is 9.26. The van der Waals surface area contributed by atoms with Crippen LogP contribution in [0.25, 0.3) is 11.0 Å². The van der Waals surface area contributed by atoms with Crippen LogP contribution in [0.4, 0.5) is 0 Å². The third-order valence-electron chi connectivity index (χ3n) is 2.87. The molecule has 2 aromatic rings. The van der Waals surface area contributed by atoms with Crippen LogP contribution in [0.5, 0.6) is 5.88 Å². The zero-order valence-corrected chi connectivity index (χ0v) is 10.6. The van der Waals surface area contributed by atoms with E-state index >= 15 is 0 Å². The molecular formula is C13H16N4O. The van der Waals surface area contributed by atoms with Gasteiger partial charge in [0.25, 0.3) is 0 Å². The van der Waals surface area contributed by atoms with Crippen LogP contribution in [-0.4, -0.2) is 30.7 Å². The lowest BCUT2D eigenvalue weighted by Crippen LogP contribution is -2.08. The topological polar surface area (TPSA) is 73.7 Å². The Morgan fingerprint density at radius 1 is 1.50 bits per heavy atom. The number of rotatable bonds is 5. The molecular weight excluding hydrogens is 228 g/mol. The molecule has 94 valence electrons. The number of aryl methyl sites for hydroxylation is 1. The van der Waals surface area contributed by atoms with Gasteiger partial charge in [0.15, 0.2) is 0 Å². The second kappa shape index (κ2) is 5.52. The van der Waals surface area contributed by atoms with Crippen LogP contribution in [0.3, 0.4) is 0 Å². The van der Waals surface area contributed by atoms with E-state index in [-0.39, 0.29) is 0 Å².